The predicted octanol–water partition coefficient (Wildman–Crippen LogP) is 3.83. The molecule has 0 aromatic carbocycles. The number of urea groups is 1. The topological polar surface area (TPSA) is 174 Å². The second-order valence-corrected chi connectivity index (χ2v) is 18.2. The highest BCUT2D eigenvalue weighted by Crippen LogP contribution is 2.65. The Morgan fingerprint density at radius 3 is 2.02 bits per heavy atom. The van der Waals surface area contributed by atoms with Gasteiger partial charge in [-0.15, -0.1) is 0 Å². The first-order chi connectivity index (χ1) is 24.2. The average Bonchev–Trinajstić information content (AvgIpc) is 3.89. The molecular weight excluding hydrogens is 664 g/mol. The lowest BCUT2D eigenvalue weighted by Crippen LogP contribution is -2.61. The summed E-state index contributed by atoms with van der Waals surface area (Å²) in [5.74, 6) is -2.82. The number of fused-ring (bicyclic) bond motifs is 1. The number of likely N-dealkylation sites (tertiary alicyclic amines) is 2. The summed E-state index contributed by atoms with van der Waals surface area (Å²) in [7, 11) is 0. The molecule has 4 fully saturated rings. The lowest BCUT2D eigenvalue weighted by atomic mass is 9.80. The zero-order chi connectivity index (χ0) is 38.8. The highest BCUT2D eigenvalue weighted by molar-refractivity contribution is 6.38. The van der Waals surface area contributed by atoms with Crippen LogP contribution in [0, 0.1) is 28.1 Å². The molecule has 6 atom stereocenters. The van der Waals surface area contributed by atoms with E-state index < -0.39 is 58.6 Å². The van der Waals surface area contributed by atoms with Crippen molar-refractivity contribution in [3.8, 4) is 0 Å². The first-order valence-corrected chi connectivity index (χ1v) is 19.6. The van der Waals surface area contributed by atoms with E-state index in [4.69, 9.17) is 0 Å². The van der Waals surface area contributed by atoms with Crippen LogP contribution >= 0.6 is 0 Å². The fraction of sp³-hybridized carbons (Fsp3) is 0.821. The molecule has 2 aliphatic carbocycles. The van der Waals surface area contributed by atoms with Crippen LogP contribution in [0.25, 0.3) is 0 Å². The minimum Gasteiger partial charge on any atom is -0.347 e. The van der Waals surface area contributed by atoms with Crippen LogP contribution in [0.3, 0.4) is 0 Å². The van der Waals surface area contributed by atoms with Crippen LogP contribution < -0.4 is 21.3 Å². The smallest absolute Gasteiger partial charge is 0.315 e. The van der Waals surface area contributed by atoms with Crippen LogP contribution in [0.5, 0.6) is 0 Å². The number of hydrogen-bond donors (Lipinski definition) is 4. The molecule has 0 spiro atoms. The second kappa shape index (κ2) is 16.2. The maximum atomic E-state index is 14.4. The predicted molar refractivity (Wildman–Crippen MR) is 196 cm³/mol. The normalized spacial score (nSPS) is 25.1. The van der Waals surface area contributed by atoms with E-state index in [2.05, 4.69) is 42.0 Å². The molecule has 2 aliphatic heterocycles. The lowest BCUT2D eigenvalue weighted by Gasteiger charge is -2.40. The first-order valence-electron chi connectivity index (χ1n) is 19.6. The van der Waals surface area contributed by atoms with Gasteiger partial charge in [-0.1, -0.05) is 94.4 Å². The van der Waals surface area contributed by atoms with Gasteiger partial charge in [0.1, 0.15) is 12.1 Å². The Bertz CT molecular complexity index is 1380. The van der Waals surface area contributed by atoms with E-state index in [0.29, 0.717) is 19.4 Å². The van der Waals surface area contributed by atoms with E-state index in [0.717, 1.165) is 38.5 Å². The molecule has 4 N–H and O–H groups in total. The highest BCUT2D eigenvalue weighted by Gasteiger charge is 2.69. The standard InChI is InChI=1S/C39H64N6O7/c1-10-12-13-14-15-16-26(42-36(52)43-27(37(3,4)5)22-44-28(46)19-38(6,7)20-29(44)47)35(51)45-21-24-30(39(24,8)9)31(45)33(49)41-25(11-2)32(48)34(50)40-23-17-18-23/h23-27,30-31H,10-22H2,1-9H3,(H,40,50)(H,41,49)(H2,42,43,52)/t24-,25?,26-,27+,30?,31-/m0/s1. The van der Waals surface area contributed by atoms with Crippen molar-refractivity contribution in [2.75, 3.05) is 13.1 Å². The summed E-state index contributed by atoms with van der Waals surface area (Å²) in [5.41, 5.74) is -1.14. The van der Waals surface area contributed by atoms with Gasteiger partial charge in [0.05, 0.1) is 12.1 Å². The molecule has 0 bridgehead atoms. The van der Waals surface area contributed by atoms with Gasteiger partial charge < -0.3 is 26.2 Å². The SMILES string of the molecule is CCCCCCC[C@H](NC(=O)N[C@H](CN1C(=O)CC(C)(C)CC1=O)C(C)(C)C)C(=O)N1C[C@H]2C([C@H]1C(=O)NC(CC)C(=O)C(=O)NC1CC1)C2(C)C. The molecule has 0 aromatic heterocycles. The van der Waals surface area contributed by atoms with E-state index in [1.54, 1.807) is 11.8 Å². The Hall–Kier alpha value is -3.51. The van der Waals surface area contributed by atoms with Crippen LogP contribution in [-0.4, -0.2) is 94.4 Å². The number of piperidine rings is 2. The number of amides is 7. The average molecular weight is 729 g/mol. The molecule has 7 amide bonds. The minimum absolute atomic E-state index is 0.00469. The third kappa shape index (κ3) is 9.92. The third-order valence-corrected chi connectivity index (χ3v) is 11.7. The monoisotopic (exact) mass is 728 g/mol. The van der Waals surface area contributed by atoms with Gasteiger partial charge in [0, 0.05) is 32.0 Å². The number of imide groups is 1. The van der Waals surface area contributed by atoms with Gasteiger partial charge in [-0.2, -0.15) is 0 Å². The molecule has 4 aliphatic rings. The Labute approximate surface area is 309 Å². The quantitative estimate of drug-likeness (QED) is 0.100. The van der Waals surface area contributed by atoms with Crippen molar-refractivity contribution in [2.45, 2.75) is 163 Å². The Morgan fingerprint density at radius 2 is 1.46 bits per heavy atom. The fourth-order valence-corrected chi connectivity index (χ4v) is 7.97. The van der Waals surface area contributed by atoms with Crippen molar-refractivity contribution in [1.82, 2.24) is 31.1 Å². The third-order valence-electron chi connectivity index (χ3n) is 11.7. The van der Waals surface area contributed by atoms with E-state index in [9.17, 15) is 33.6 Å². The van der Waals surface area contributed by atoms with Gasteiger partial charge in [0.15, 0.2) is 0 Å². The van der Waals surface area contributed by atoms with E-state index in [-0.39, 0.29) is 66.8 Å². The molecule has 13 nitrogen and oxygen atoms in total. The number of Topliss-reactive ketones (excluding diaryl/α,β-unsaturated/α-hetero) is 1. The van der Waals surface area contributed by atoms with Crippen LogP contribution in [0.4, 0.5) is 4.79 Å². The summed E-state index contributed by atoms with van der Waals surface area (Å²) < 4.78 is 0. The molecule has 2 heterocycles. The largest absolute Gasteiger partial charge is 0.347 e. The number of nitrogens with zero attached hydrogens (tertiary/aromatic N) is 2. The summed E-state index contributed by atoms with van der Waals surface area (Å²) in [6.45, 7) is 17.9. The van der Waals surface area contributed by atoms with Crippen LogP contribution in [0.1, 0.15) is 133 Å². The van der Waals surface area contributed by atoms with Crippen molar-refractivity contribution < 1.29 is 33.6 Å². The van der Waals surface area contributed by atoms with Crippen molar-refractivity contribution in [2.24, 2.45) is 28.1 Å². The summed E-state index contributed by atoms with van der Waals surface area (Å²) >= 11 is 0. The highest BCUT2D eigenvalue weighted by atomic mass is 16.2. The molecule has 0 aromatic rings. The summed E-state index contributed by atoms with van der Waals surface area (Å²) in [6.07, 6.45) is 7.43. The summed E-state index contributed by atoms with van der Waals surface area (Å²) in [5, 5.41) is 11.4. The van der Waals surface area contributed by atoms with Gasteiger partial charge >= 0.3 is 6.03 Å². The van der Waals surface area contributed by atoms with Crippen LogP contribution in [0.2, 0.25) is 0 Å². The first kappa shape index (κ1) is 41.2. The van der Waals surface area contributed by atoms with Gasteiger partial charge in [-0.25, -0.2) is 4.79 Å². The Balaban J connectivity index is 1.50. The minimum atomic E-state index is -1.01. The van der Waals surface area contributed by atoms with Crippen molar-refractivity contribution in [3.05, 3.63) is 0 Å². The Kier molecular flexibility index (Phi) is 12.9. The van der Waals surface area contributed by atoms with Gasteiger partial charge in [0.25, 0.3) is 5.91 Å². The molecule has 13 heteroatoms. The van der Waals surface area contributed by atoms with E-state index >= 15 is 0 Å². The zero-order valence-corrected chi connectivity index (χ0v) is 33.0. The second-order valence-electron chi connectivity index (χ2n) is 18.2. The fourth-order valence-electron chi connectivity index (χ4n) is 7.97. The summed E-state index contributed by atoms with van der Waals surface area (Å²) in [6, 6.07) is -3.97. The molecule has 2 saturated heterocycles. The van der Waals surface area contributed by atoms with Crippen molar-refractivity contribution in [1.29, 1.82) is 0 Å². The van der Waals surface area contributed by atoms with Gasteiger partial charge in [0.2, 0.25) is 29.4 Å². The molecule has 292 valence electrons. The van der Waals surface area contributed by atoms with Crippen molar-refractivity contribution >= 4 is 41.4 Å². The van der Waals surface area contributed by atoms with Crippen LogP contribution in [0.15, 0.2) is 0 Å². The number of unbranched alkanes of at least 4 members (excludes halogenated alkanes) is 4. The number of ketones is 1. The maximum Gasteiger partial charge on any atom is 0.315 e. The molecule has 2 unspecified atom stereocenters. The molecule has 52 heavy (non-hydrogen) atoms. The van der Waals surface area contributed by atoms with E-state index in [1.807, 2.05) is 34.6 Å². The van der Waals surface area contributed by atoms with E-state index in [1.165, 1.54) is 4.90 Å². The molecule has 0 radical (unpaired) electrons. The maximum absolute atomic E-state index is 14.4. The number of carbonyl (C=O) groups excluding carboxylic acids is 7. The molecule has 2 saturated carbocycles. The van der Waals surface area contributed by atoms with Gasteiger partial charge in [-0.3, -0.25) is 33.7 Å². The lowest BCUT2D eigenvalue weighted by molar-refractivity contribution is -0.153. The summed E-state index contributed by atoms with van der Waals surface area (Å²) in [4.78, 5) is 96.5. The van der Waals surface area contributed by atoms with Crippen LogP contribution in [-0.2, 0) is 28.8 Å². The number of rotatable bonds is 17. The zero-order valence-electron chi connectivity index (χ0n) is 33.0. The van der Waals surface area contributed by atoms with Gasteiger partial charge in [-0.05, 0) is 53.8 Å². The number of hydrogen-bond acceptors (Lipinski definition) is 7. The molecular formula is C39H64N6O7. The van der Waals surface area contributed by atoms with Crippen molar-refractivity contribution in [3.63, 3.8) is 0 Å². The number of carbonyl (C=O) groups is 7. The Morgan fingerprint density at radius 1 is 0.846 bits per heavy atom. The molecule has 4 rings (SSSR count). The number of nitrogens with one attached hydrogen (secondary N) is 4.